The minimum atomic E-state index is 0.325. The fourth-order valence-electron chi connectivity index (χ4n) is 2.08. The monoisotopic (exact) mass is 371 g/mol. The molecule has 1 N–H and O–H groups in total. The van der Waals surface area contributed by atoms with Crippen molar-refractivity contribution < 1.29 is 0 Å². The molecule has 96 valence electrons. The van der Waals surface area contributed by atoms with Crippen LogP contribution in [-0.2, 0) is 0 Å². The summed E-state index contributed by atoms with van der Waals surface area (Å²) < 4.78 is 1.35. The smallest absolute Gasteiger partial charge is 0.0656 e. The molecule has 0 saturated heterocycles. The zero-order valence-corrected chi connectivity index (χ0v) is 13.7. The van der Waals surface area contributed by atoms with Crippen LogP contribution in [0.15, 0.2) is 35.7 Å². The summed E-state index contributed by atoms with van der Waals surface area (Å²) in [6.45, 7) is 5.44. The molecule has 1 aromatic heterocycles. The molecule has 2 rings (SSSR count). The predicted molar refractivity (Wildman–Crippen MR) is 88.4 cm³/mol. The highest BCUT2D eigenvalue weighted by molar-refractivity contribution is 14.1. The molecule has 0 saturated carbocycles. The molecule has 1 heterocycles. The highest BCUT2D eigenvalue weighted by Crippen LogP contribution is 2.29. The zero-order chi connectivity index (χ0) is 13.0. The van der Waals surface area contributed by atoms with Crippen molar-refractivity contribution in [1.82, 2.24) is 5.32 Å². The van der Waals surface area contributed by atoms with Gasteiger partial charge in [-0.05, 0) is 70.6 Å². The Morgan fingerprint density at radius 2 is 2.11 bits per heavy atom. The SMILES string of the molecule is CCCNC(c1csc(I)c1)c1ccccc1C. The highest BCUT2D eigenvalue weighted by atomic mass is 127. The third-order valence-electron chi connectivity index (χ3n) is 3.02. The van der Waals surface area contributed by atoms with Crippen molar-refractivity contribution in [2.45, 2.75) is 26.3 Å². The fourth-order valence-corrected chi connectivity index (χ4v) is 3.48. The second-order valence-electron chi connectivity index (χ2n) is 4.43. The average molecular weight is 371 g/mol. The average Bonchev–Trinajstić information content (AvgIpc) is 2.78. The second-order valence-corrected chi connectivity index (χ2v) is 7.23. The number of aryl methyl sites for hydroxylation is 1. The van der Waals surface area contributed by atoms with E-state index in [1.807, 2.05) is 11.3 Å². The van der Waals surface area contributed by atoms with Gasteiger partial charge in [-0.25, -0.2) is 0 Å². The normalized spacial score (nSPS) is 12.6. The van der Waals surface area contributed by atoms with E-state index in [0.29, 0.717) is 6.04 Å². The molecular weight excluding hydrogens is 353 g/mol. The number of nitrogens with one attached hydrogen (secondary N) is 1. The Hall–Kier alpha value is -0.390. The summed E-state index contributed by atoms with van der Waals surface area (Å²) in [6, 6.07) is 11.3. The van der Waals surface area contributed by atoms with Crippen LogP contribution in [0.4, 0.5) is 0 Å². The molecule has 3 heteroatoms. The molecule has 1 nitrogen and oxygen atoms in total. The van der Waals surface area contributed by atoms with E-state index in [0.717, 1.165) is 13.0 Å². The molecule has 1 unspecified atom stereocenters. The lowest BCUT2D eigenvalue weighted by Crippen LogP contribution is -2.23. The first-order valence-electron chi connectivity index (χ1n) is 6.25. The van der Waals surface area contributed by atoms with E-state index < -0.39 is 0 Å². The Balaban J connectivity index is 2.33. The van der Waals surface area contributed by atoms with Crippen LogP contribution in [0, 0.1) is 9.81 Å². The molecule has 2 aromatic rings. The third-order valence-corrected chi connectivity index (χ3v) is 4.83. The lowest BCUT2D eigenvalue weighted by Gasteiger charge is -2.20. The van der Waals surface area contributed by atoms with E-state index in [1.54, 1.807) is 0 Å². The maximum atomic E-state index is 3.66. The van der Waals surface area contributed by atoms with E-state index in [2.05, 4.69) is 77.5 Å². The van der Waals surface area contributed by atoms with Gasteiger partial charge < -0.3 is 5.32 Å². The summed E-state index contributed by atoms with van der Waals surface area (Å²) >= 11 is 4.20. The van der Waals surface area contributed by atoms with Gasteiger partial charge in [0.05, 0.1) is 8.93 Å². The number of halogens is 1. The van der Waals surface area contributed by atoms with E-state index in [-0.39, 0.29) is 0 Å². The first-order valence-corrected chi connectivity index (χ1v) is 8.21. The molecule has 0 spiro atoms. The second kappa shape index (κ2) is 6.68. The van der Waals surface area contributed by atoms with E-state index >= 15 is 0 Å². The Kier molecular flexibility index (Phi) is 5.21. The molecule has 0 bridgehead atoms. The zero-order valence-electron chi connectivity index (χ0n) is 10.7. The number of hydrogen-bond acceptors (Lipinski definition) is 2. The van der Waals surface area contributed by atoms with Gasteiger partial charge in [0, 0.05) is 0 Å². The number of benzene rings is 1. The summed E-state index contributed by atoms with van der Waals surface area (Å²) in [4.78, 5) is 0. The van der Waals surface area contributed by atoms with Gasteiger partial charge >= 0.3 is 0 Å². The van der Waals surface area contributed by atoms with Crippen LogP contribution in [-0.4, -0.2) is 6.54 Å². The van der Waals surface area contributed by atoms with Crippen molar-refractivity contribution >= 4 is 33.9 Å². The predicted octanol–water partition coefficient (Wildman–Crippen LogP) is 4.75. The van der Waals surface area contributed by atoms with Crippen LogP contribution in [0.25, 0.3) is 0 Å². The maximum absolute atomic E-state index is 3.66. The number of hydrogen-bond donors (Lipinski definition) is 1. The summed E-state index contributed by atoms with van der Waals surface area (Å²) in [6.07, 6.45) is 1.16. The molecule has 0 radical (unpaired) electrons. The quantitative estimate of drug-likeness (QED) is 0.748. The minimum absolute atomic E-state index is 0.325. The van der Waals surface area contributed by atoms with Crippen LogP contribution >= 0.6 is 33.9 Å². The van der Waals surface area contributed by atoms with Crippen LogP contribution in [0.2, 0.25) is 0 Å². The largest absolute Gasteiger partial charge is 0.306 e. The van der Waals surface area contributed by atoms with Crippen molar-refractivity contribution in [3.05, 3.63) is 55.3 Å². The summed E-state index contributed by atoms with van der Waals surface area (Å²) in [5.41, 5.74) is 4.12. The number of thiophene rings is 1. The first kappa shape index (κ1) is 14.0. The van der Waals surface area contributed by atoms with Gasteiger partial charge in [-0.2, -0.15) is 0 Å². The van der Waals surface area contributed by atoms with Crippen molar-refractivity contribution in [3.8, 4) is 0 Å². The van der Waals surface area contributed by atoms with Crippen molar-refractivity contribution in [2.75, 3.05) is 6.54 Å². The van der Waals surface area contributed by atoms with Gasteiger partial charge in [-0.1, -0.05) is 31.2 Å². The lowest BCUT2D eigenvalue weighted by atomic mass is 9.97. The van der Waals surface area contributed by atoms with Gasteiger partial charge in [0.15, 0.2) is 0 Å². The van der Waals surface area contributed by atoms with E-state index in [1.165, 1.54) is 19.6 Å². The molecule has 0 fully saturated rings. The molecule has 1 aromatic carbocycles. The van der Waals surface area contributed by atoms with Gasteiger partial charge in [0.1, 0.15) is 0 Å². The minimum Gasteiger partial charge on any atom is -0.306 e. The Morgan fingerprint density at radius 3 is 2.72 bits per heavy atom. The summed E-state index contributed by atoms with van der Waals surface area (Å²) in [7, 11) is 0. The van der Waals surface area contributed by atoms with Crippen LogP contribution in [0.1, 0.15) is 36.1 Å². The van der Waals surface area contributed by atoms with E-state index in [4.69, 9.17) is 0 Å². The summed E-state index contributed by atoms with van der Waals surface area (Å²) in [5.74, 6) is 0. The highest BCUT2D eigenvalue weighted by Gasteiger charge is 2.16. The van der Waals surface area contributed by atoms with Crippen LogP contribution in [0.3, 0.4) is 0 Å². The van der Waals surface area contributed by atoms with Gasteiger partial charge in [0.2, 0.25) is 0 Å². The Bertz CT molecular complexity index is 507. The van der Waals surface area contributed by atoms with Gasteiger partial charge in [-0.15, -0.1) is 11.3 Å². The van der Waals surface area contributed by atoms with Gasteiger partial charge in [0.25, 0.3) is 0 Å². The molecule has 1 atom stereocenters. The first-order chi connectivity index (χ1) is 8.72. The molecule has 18 heavy (non-hydrogen) atoms. The van der Waals surface area contributed by atoms with Crippen molar-refractivity contribution in [3.63, 3.8) is 0 Å². The molecular formula is C15H18INS. The summed E-state index contributed by atoms with van der Waals surface area (Å²) in [5, 5.41) is 5.92. The third kappa shape index (κ3) is 3.33. The van der Waals surface area contributed by atoms with Crippen molar-refractivity contribution in [2.24, 2.45) is 0 Å². The maximum Gasteiger partial charge on any atom is 0.0656 e. The van der Waals surface area contributed by atoms with E-state index in [9.17, 15) is 0 Å². The fraction of sp³-hybridized carbons (Fsp3) is 0.333. The molecule has 0 amide bonds. The van der Waals surface area contributed by atoms with Gasteiger partial charge in [-0.3, -0.25) is 0 Å². The van der Waals surface area contributed by atoms with Crippen molar-refractivity contribution in [1.29, 1.82) is 0 Å². The topological polar surface area (TPSA) is 12.0 Å². The standard InChI is InChI=1S/C15H18INS/c1-3-8-17-15(12-9-14(16)18-10-12)13-7-5-4-6-11(13)2/h4-7,9-10,15,17H,3,8H2,1-2H3. The van der Waals surface area contributed by atoms with Crippen LogP contribution in [0.5, 0.6) is 0 Å². The Morgan fingerprint density at radius 1 is 1.33 bits per heavy atom. The number of rotatable bonds is 5. The van der Waals surface area contributed by atoms with Crippen LogP contribution < -0.4 is 5.32 Å². The Labute approximate surface area is 127 Å². The molecule has 0 aliphatic carbocycles. The lowest BCUT2D eigenvalue weighted by molar-refractivity contribution is 0.597. The molecule has 0 aliphatic rings. The molecule has 0 aliphatic heterocycles.